The second-order valence-electron chi connectivity index (χ2n) is 5.21. The van der Waals surface area contributed by atoms with E-state index in [1.807, 2.05) is 18.3 Å². The largest absolute Gasteiger partial charge is 0.380 e. The first-order chi connectivity index (χ1) is 11.6. The molecular formula is C16H19ClN4O3. The Hall–Kier alpha value is -2.25. The van der Waals surface area contributed by atoms with Crippen molar-refractivity contribution in [1.29, 1.82) is 0 Å². The van der Waals surface area contributed by atoms with Gasteiger partial charge in [0.25, 0.3) is 0 Å². The highest BCUT2D eigenvalue weighted by Crippen LogP contribution is 2.31. The van der Waals surface area contributed by atoms with E-state index in [4.69, 9.17) is 16.3 Å². The standard InChI is InChI=1S/C16H19ClN4O3/c1-12-10-14(15(21(22)23)16(17)20-12)19-7-9-24-8-3-5-13-4-2-6-18-11-13/h2,4,6,10-11H,3,5,7-9H2,1H3,(H,19,20). The molecule has 0 aliphatic carbocycles. The molecule has 0 unspecified atom stereocenters. The van der Waals surface area contributed by atoms with Crippen molar-refractivity contribution in [2.75, 3.05) is 25.1 Å². The number of nitro groups is 1. The lowest BCUT2D eigenvalue weighted by Crippen LogP contribution is -2.12. The highest BCUT2D eigenvalue weighted by atomic mass is 35.5. The lowest BCUT2D eigenvalue weighted by molar-refractivity contribution is -0.384. The SMILES string of the molecule is Cc1cc(NCCOCCCc2cccnc2)c([N+](=O)[O-])c(Cl)n1. The number of hydrogen-bond acceptors (Lipinski definition) is 6. The highest BCUT2D eigenvalue weighted by molar-refractivity contribution is 6.32. The minimum absolute atomic E-state index is 0.111. The zero-order chi connectivity index (χ0) is 17.4. The normalized spacial score (nSPS) is 10.6. The van der Waals surface area contributed by atoms with Crippen LogP contribution in [0.1, 0.15) is 17.7 Å². The van der Waals surface area contributed by atoms with Gasteiger partial charge in [0.2, 0.25) is 5.15 Å². The molecule has 7 nitrogen and oxygen atoms in total. The van der Waals surface area contributed by atoms with E-state index >= 15 is 0 Å². The van der Waals surface area contributed by atoms with Crippen LogP contribution in [0.15, 0.2) is 30.6 Å². The number of aryl methyl sites for hydroxylation is 2. The van der Waals surface area contributed by atoms with E-state index in [0.29, 0.717) is 31.1 Å². The van der Waals surface area contributed by atoms with Gasteiger partial charge in [0.15, 0.2) is 0 Å². The maximum absolute atomic E-state index is 11.1. The smallest absolute Gasteiger partial charge is 0.329 e. The van der Waals surface area contributed by atoms with Crippen LogP contribution in [0, 0.1) is 17.0 Å². The fourth-order valence-corrected chi connectivity index (χ4v) is 2.53. The molecule has 0 bridgehead atoms. The van der Waals surface area contributed by atoms with E-state index in [1.54, 1.807) is 19.2 Å². The summed E-state index contributed by atoms with van der Waals surface area (Å²) in [6.45, 7) is 3.25. The molecule has 24 heavy (non-hydrogen) atoms. The van der Waals surface area contributed by atoms with Gasteiger partial charge in [0.1, 0.15) is 5.69 Å². The highest BCUT2D eigenvalue weighted by Gasteiger charge is 2.20. The van der Waals surface area contributed by atoms with Gasteiger partial charge in [-0.15, -0.1) is 0 Å². The molecular weight excluding hydrogens is 332 g/mol. The molecule has 8 heteroatoms. The second kappa shape index (κ2) is 9.14. The Labute approximate surface area is 145 Å². The minimum atomic E-state index is -0.536. The molecule has 0 aromatic carbocycles. The van der Waals surface area contributed by atoms with Crippen LogP contribution < -0.4 is 5.32 Å². The molecule has 2 aromatic heterocycles. The van der Waals surface area contributed by atoms with Gasteiger partial charge in [0, 0.05) is 31.2 Å². The van der Waals surface area contributed by atoms with Gasteiger partial charge in [-0.2, -0.15) is 0 Å². The average molecular weight is 351 g/mol. The molecule has 0 radical (unpaired) electrons. The van der Waals surface area contributed by atoms with Crippen molar-refractivity contribution < 1.29 is 9.66 Å². The van der Waals surface area contributed by atoms with E-state index in [2.05, 4.69) is 15.3 Å². The van der Waals surface area contributed by atoms with E-state index in [-0.39, 0.29) is 10.8 Å². The summed E-state index contributed by atoms with van der Waals surface area (Å²) in [6.07, 6.45) is 5.39. The molecule has 0 fully saturated rings. The Kier molecular flexibility index (Phi) is 6.89. The van der Waals surface area contributed by atoms with Gasteiger partial charge in [-0.05, 0) is 37.5 Å². The number of rotatable bonds is 9. The van der Waals surface area contributed by atoms with Gasteiger partial charge in [-0.3, -0.25) is 15.1 Å². The lowest BCUT2D eigenvalue weighted by Gasteiger charge is -2.09. The lowest BCUT2D eigenvalue weighted by atomic mass is 10.2. The molecule has 2 aromatic rings. The molecule has 0 saturated carbocycles. The van der Waals surface area contributed by atoms with E-state index < -0.39 is 4.92 Å². The molecule has 0 spiro atoms. The van der Waals surface area contributed by atoms with Crippen LogP contribution >= 0.6 is 11.6 Å². The summed E-state index contributed by atoms with van der Waals surface area (Å²) < 4.78 is 5.54. The Morgan fingerprint density at radius 1 is 1.42 bits per heavy atom. The summed E-state index contributed by atoms with van der Waals surface area (Å²) in [5.41, 5.74) is 1.94. The maximum atomic E-state index is 11.1. The topological polar surface area (TPSA) is 90.2 Å². The Bertz CT molecular complexity index is 683. The maximum Gasteiger partial charge on any atom is 0.329 e. The number of halogens is 1. The summed E-state index contributed by atoms with van der Waals surface area (Å²) in [4.78, 5) is 18.5. The molecule has 2 rings (SSSR count). The zero-order valence-corrected chi connectivity index (χ0v) is 14.1. The summed E-state index contributed by atoms with van der Waals surface area (Å²) in [6, 6.07) is 5.55. The Balaban J connectivity index is 1.72. The fraction of sp³-hybridized carbons (Fsp3) is 0.375. The quantitative estimate of drug-likeness (QED) is 0.322. The van der Waals surface area contributed by atoms with E-state index in [9.17, 15) is 10.1 Å². The van der Waals surface area contributed by atoms with Gasteiger partial charge in [-0.1, -0.05) is 17.7 Å². The molecule has 0 amide bonds. The first kappa shape index (κ1) is 18.1. The molecule has 0 aliphatic heterocycles. The van der Waals surface area contributed by atoms with Crippen LogP contribution in [0.4, 0.5) is 11.4 Å². The zero-order valence-electron chi connectivity index (χ0n) is 13.4. The molecule has 1 N–H and O–H groups in total. The third kappa shape index (κ3) is 5.43. The predicted octanol–water partition coefficient (Wildman–Crippen LogP) is 3.41. The van der Waals surface area contributed by atoms with Crippen molar-refractivity contribution >= 4 is 23.0 Å². The van der Waals surface area contributed by atoms with Gasteiger partial charge in [0.05, 0.1) is 11.5 Å². The van der Waals surface area contributed by atoms with Crippen LogP contribution in [0.3, 0.4) is 0 Å². The Morgan fingerprint density at radius 3 is 2.96 bits per heavy atom. The van der Waals surface area contributed by atoms with E-state index in [0.717, 1.165) is 12.8 Å². The monoisotopic (exact) mass is 350 g/mol. The van der Waals surface area contributed by atoms with Crippen molar-refractivity contribution in [2.45, 2.75) is 19.8 Å². The summed E-state index contributed by atoms with van der Waals surface area (Å²) in [5, 5.41) is 13.9. The Morgan fingerprint density at radius 2 is 2.25 bits per heavy atom. The number of nitrogens with one attached hydrogen (secondary N) is 1. The average Bonchev–Trinajstić information content (AvgIpc) is 2.54. The third-order valence-corrected chi connectivity index (χ3v) is 3.56. The first-order valence-electron chi connectivity index (χ1n) is 7.60. The number of anilines is 1. The summed E-state index contributed by atoms with van der Waals surface area (Å²) in [7, 11) is 0. The van der Waals surface area contributed by atoms with Crippen LogP contribution in [0.5, 0.6) is 0 Å². The van der Waals surface area contributed by atoms with E-state index in [1.165, 1.54) is 5.56 Å². The van der Waals surface area contributed by atoms with Crippen molar-refractivity contribution in [3.8, 4) is 0 Å². The van der Waals surface area contributed by atoms with Gasteiger partial charge >= 0.3 is 5.69 Å². The summed E-state index contributed by atoms with van der Waals surface area (Å²) in [5.74, 6) is 0. The second-order valence-corrected chi connectivity index (χ2v) is 5.57. The summed E-state index contributed by atoms with van der Waals surface area (Å²) >= 11 is 5.84. The molecule has 0 atom stereocenters. The number of aromatic nitrogens is 2. The van der Waals surface area contributed by atoms with Gasteiger partial charge < -0.3 is 10.1 Å². The van der Waals surface area contributed by atoms with Crippen molar-refractivity contribution in [3.63, 3.8) is 0 Å². The van der Waals surface area contributed by atoms with Gasteiger partial charge in [-0.25, -0.2) is 4.98 Å². The van der Waals surface area contributed by atoms with Crippen molar-refractivity contribution in [2.24, 2.45) is 0 Å². The van der Waals surface area contributed by atoms with Crippen LogP contribution in [0.2, 0.25) is 5.15 Å². The number of pyridine rings is 2. The van der Waals surface area contributed by atoms with Crippen LogP contribution in [0.25, 0.3) is 0 Å². The number of nitrogens with zero attached hydrogens (tertiary/aromatic N) is 3. The molecule has 2 heterocycles. The first-order valence-corrected chi connectivity index (χ1v) is 7.98. The number of ether oxygens (including phenoxy) is 1. The third-order valence-electron chi connectivity index (χ3n) is 3.30. The fourth-order valence-electron chi connectivity index (χ4n) is 2.22. The molecule has 128 valence electrons. The molecule has 0 aliphatic rings. The minimum Gasteiger partial charge on any atom is -0.380 e. The van der Waals surface area contributed by atoms with Crippen molar-refractivity contribution in [3.05, 3.63) is 57.1 Å². The van der Waals surface area contributed by atoms with Crippen molar-refractivity contribution in [1.82, 2.24) is 9.97 Å². The number of hydrogen-bond donors (Lipinski definition) is 1. The van der Waals surface area contributed by atoms with Crippen LogP contribution in [-0.2, 0) is 11.2 Å². The molecule has 0 saturated heterocycles. The van der Waals surface area contributed by atoms with Crippen LogP contribution in [-0.4, -0.2) is 34.6 Å². The predicted molar refractivity (Wildman–Crippen MR) is 92.5 cm³/mol.